The topological polar surface area (TPSA) is 82.3 Å². The van der Waals surface area contributed by atoms with Gasteiger partial charge in [0, 0.05) is 22.9 Å². The van der Waals surface area contributed by atoms with Crippen LogP contribution in [-0.2, 0) is 16.0 Å². The first-order valence-corrected chi connectivity index (χ1v) is 8.35. The lowest BCUT2D eigenvalue weighted by atomic mass is 10.1. The second-order valence-corrected chi connectivity index (χ2v) is 5.89. The highest BCUT2D eigenvalue weighted by molar-refractivity contribution is 7.08. The van der Waals surface area contributed by atoms with Gasteiger partial charge in [0.25, 0.3) is 0 Å². The Bertz CT molecular complexity index is 859. The van der Waals surface area contributed by atoms with Crippen molar-refractivity contribution in [3.8, 4) is 11.4 Å². The predicted molar refractivity (Wildman–Crippen MR) is 87.6 cm³/mol. The Kier molecular flexibility index (Phi) is 5.30. The van der Waals surface area contributed by atoms with Crippen molar-refractivity contribution in [2.45, 2.75) is 12.8 Å². The van der Waals surface area contributed by atoms with E-state index in [4.69, 9.17) is 9.26 Å². The number of carbonyl (C=O) groups is 2. The standard InChI is InChI=1S/C17H13FN2O4S/c18-13-3-1-11(2-4-13)14(21)9-23-16(22)6-5-15-19-17(20-24-15)12-7-8-25-10-12/h1-4,7-8,10H,5-6,9H2. The zero-order chi connectivity index (χ0) is 17.6. The number of aromatic nitrogens is 2. The van der Waals surface area contributed by atoms with Crippen molar-refractivity contribution < 1.29 is 23.2 Å². The number of esters is 1. The highest BCUT2D eigenvalue weighted by Gasteiger charge is 2.13. The first-order chi connectivity index (χ1) is 12.1. The lowest BCUT2D eigenvalue weighted by molar-refractivity contribution is -0.142. The molecule has 0 fully saturated rings. The van der Waals surface area contributed by atoms with Gasteiger partial charge in [0.2, 0.25) is 11.7 Å². The molecule has 2 heterocycles. The Hall–Kier alpha value is -2.87. The van der Waals surface area contributed by atoms with Crippen molar-refractivity contribution in [2.24, 2.45) is 0 Å². The first kappa shape index (κ1) is 17.0. The molecule has 0 spiro atoms. The number of ether oxygens (including phenoxy) is 1. The maximum absolute atomic E-state index is 12.8. The summed E-state index contributed by atoms with van der Waals surface area (Å²) in [5, 5.41) is 7.64. The number of rotatable bonds is 7. The van der Waals surface area contributed by atoms with Gasteiger partial charge >= 0.3 is 5.97 Å². The van der Waals surface area contributed by atoms with E-state index in [1.165, 1.54) is 35.6 Å². The molecular weight excluding hydrogens is 347 g/mol. The van der Waals surface area contributed by atoms with E-state index in [9.17, 15) is 14.0 Å². The van der Waals surface area contributed by atoms with Crippen LogP contribution >= 0.6 is 11.3 Å². The highest BCUT2D eigenvalue weighted by atomic mass is 32.1. The number of carbonyl (C=O) groups excluding carboxylic acids is 2. The molecule has 3 rings (SSSR count). The third-order valence-corrected chi connectivity index (χ3v) is 4.00. The Morgan fingerprint density at radius 2 is 2.00 bits per heavy atom. The molecule has 3 aromatic rings. The predicted octanol–water partition coefficient (Wildman–Crippen LogP) is 3.30. The molecule has 0 saturated carbocycles. The van der Waals surface area contributed by atoms with Crippen LogP contribution in [0.2, 0.25) is 0 Å². The highest BCUT2D eigenvalue weighted by Crippen LogP contribution is 2.19. The Morgan fingerprint density at radius 3 is 2.72 bits per heavy atom. The summed E-state index contributed by atoms with van der Waals surface area (Å²) < 4.78 is 22.8. The maximum Gasteiger partial charge on any atom is 0.306 e. The molecule has 0 aliphatic carbocycles. The van der Waals surface area contributed by atoms with E-state index >= 15 is 0 Å². The van der Waals surface area contributed by atoms with E-state index in [0.717, 1.165) is 5.56 Å². The second-order valence-electron chi connectivity index (χ2n) is 5.11. The number of thiophene rings is 1. The molecule has 0 radical (unpaired) electrons. The quantitative estimate of drug-likeness (QED) is 0.475. The van der Waals surface area contributed by atoms with Crippen molar-refractivity contribution >= 4 is 23.1 Å². The average molecular weight is 360 g/mol. The molecule has 0 unspecified atom stereocenters. The number of hydrogen-bond donors (Lipinski definition) is 0. The molecule has 128 valence electrons. The van der Waals surface area contributed by atoms with Crippen LogP contribution in [0.15, 0.2) is 45.6 Å². The van der Waals surface area contributed by atoms with Crippen LogP contribution in [0, 0.1) is 5.82 Å². The minimum Gasteiger partial charge on any atom is -0.457 e. The lowest BCUT2D eigenvalue weighted by Crippen LogP contribution is -2.14. The third-order valence-electron chi connectivity index (χ3n) is 3.32. The SMILES string of the molecule is O=C(CCc1nc(-c2ccsc2)no1)OCC(=O)c1ccc(F)cc1. The molecule has 0 bridgehead atoms. The molecule has 6 nitrogen and oxygen atoms in total. The van der Waals surface area contributed by atoms with Gasteiger partial charge in [-0.25, -0.2) is 4.39 Å². The second kappa shape index (κ2) is 7.80. The van der Waals surface area contributed by atoms with Crippen molar-refractivity contribution in [1.82, 2.24) is 10.1 Å². The first-order valence-electron chi connectivity index (χ1n) is 7.41. The Morgan fingerprint density at radius 1 is 1.20 bits per heavy atom. The summed E-state index contributed by atoms with van der Waals surface area (Å²) in [5.74, 6) is -0.592. The summed E-state index contributed by atoms with van der Waals surface area (Å²) in [5.41, 5.74) is 1.14. The van der Waals surface area contributed by atoms with Crippen molar-refractivity contribution in [2.75, 3.05) is 6.61 Å². The molecule has 25 heavy (non-hydrogen) atoms. The van der Waals surface area contributed by atoms with Gasteiger partial charge < -0.3 is 9.26 Å². The third kappa shape index (κ3) is 4.57. The normalized spacial score (nSPS) is 10.6. The molecule has 2 aromatic heterocycles. The summed E-state index contributed by atoms with van der Waals surface area (Å²) in [6.45, 7) is -0.394. The molecule has 0 aliphatic heterocycles. The summed E-state index contributed by atoms with van der Waals surface area (Å²) in [6, 6.07) is 6.91. The summed E-state index contributed by atoms with van der Waals surface area (Å²) in [7, 11) is 0. The van der Waals surface area contributed by atoms with E-state index in [1.807, 2.05) is 16.8 Å². The zero-order valence-corrected chi connectivity index (χ0v) is 13.8. The number of aryl methyl sites for hydroxylation is 1. The Balaban J connectivity index is 1.45. The molecular formula is C17H13FN2O4S. The van der Waals surface area contributed by atoms with Crippen molar-refractivity contribution in [3.63, 3.8) is 0 Å². The van der Waals surface area contributed by atoms with Gasteiger partial charge in [-0.2, -0.15) is 16.3 Å². The van der Waals surface area contributed by atoms with Crippen LogP contribution in [0.4, 0.5) is 4.39 Å². The van der Waals surface area contributed by atoms with Crippen molar-refractivity contribution in [1.29, 1.82) is 0 Å². The van der Waals surface area contributed by atoms with Crippen LogP contribution in [-0.4, -0.2) is 28.5 Å². The molecule has 8 heteroatoms. The van der Waals surface area contributed by atoms with Gasteiger partial charge in [-0.3, -0.25) is 9.59 Å². The number of benzene rings is 1. The van der Waals surface area contributed by atoms with E-state index < -0.39 is 24.2 Å². The summed E-state index contributed by atoms with van der Waals surface area (Å²) in [6.07, 6.45) is 0.239. The average Bonchev–Trinajstić information content (AvgIpc) is 3.29. The fourth-order valence-electron chi connectivity index (χ4n) is 2.01. The van der Waals surface area contributed by atoms with E-state index in [0.29, 0.717) is 11.7 Å². The van der Waals surface area contributed by atoms with Crippen molar-refractivity contribution in [3.05, 3.63) is 58.4 Å². The monoisotopic (exact) mass is 360 g/mol. The molecule has 0 N–H and O–H groups in total. The van der Waals surface area contributed by atoms with E-state index in [-0.39, 0.29) is 18.4 Å². The van der Waals surface area contributed by atoms with Gasteiger partial charge in [-0.1, -0.05) is 5.16 Å². The van der Waals surface area contributed by atoms with Crippen LogP contribution in [0.1, 0.15) is 22.7 Å². The maximum atomic E-state index is 12.8. The summed E-state index contributed by atoms with van der Waals surface area (Å²) in [4.78, 5) is 27.7. The number of hydrogen-bond acceptors (Lipinski definition) is 7. The number of ketones is 1. The van der Waals surface area contributed by atoms with Crippen LogP contribution in [0.3, 0.4) is 0 Å². The number of halogens is 1. The summed E-state index contributed by atoms with van der Waals surface area (Å²) >= 11 is 1.52. The Labute approximate surface area is 146 Å². The van der Waals surface area contributed by atoms with Gasteiger partial charge in [0.05, 0.1) is 6.42 Å². The minimum atomic E-state index is -0.550. The van der Waals surface area contributed by atoms with Gasteiger partial charge in [0.1, 0.15) is 5.82 Å². The number of Topliss-reactive ketones (excluding diaryl/α,β-unsaturated/α-hetero) is 1. The minimum absolute atomic E-state index is 0.0158. The van der Waals surface area contributed by atoms with Gasteiger partial charge in [-0.15, -0.1) is 0 Å². The van der Waals surface area contributed by atoms with Crippen LogP contribution in [0.5, 0.6) is 0 Å². The molecule has 0 amide bonds. The smallest absolute Gasteiger partial charge is 0.306 e. The van der Waals surface area contributed by atoms with Crippen LogP contribution in [0.25, 0.3) is 11.4 Å². The largest absolute Gasteiger partial charge is 0.457 e. The molecule has 0 atom stereocenters. The van der Waals surface area contributed by atoms with Crippen LogP contribution < -0.4 is 0 Å². The fourth-order valence-corrected chi connectivity index (χ4v) is 2.65. The van der Waals surface area contributed by atoms with Gasteiger partial charge in [-0.05, 0) is 35.7 Å². The number of nitrogens with zero attached hydrogens (tertiary/aromatic N) is 2. The molecule has 0 saturated heterocycles. The van der Waals surface area contributed by atoms with E-state index in [1.54, 1.807) is 0 Å². The molecule has 0 aliphatic rings. The lowest BCUT2D eigenvalue weighted by Gasteiger charge is -2.03. The van der Waals surface area contributed by atoms with Gasteiger partial charge in [0.15, 0.2) is 12.4 Å². The zero-order valence-electron chi connectivity index (χ0n) is 13.0. The fraction of sp³-hybridized carbons (Fsp3) is 0.176. The van der Waals surface area contributed by atoms with E-state index in [2.05, 4.69) is 10.1 Å². The molecule has 1 aromatic carbocycles.